The van der Waals surface area contributed by atoms with E-state index in [0.717, 1.165) is 73.4 Å². The number of aromatic nitrogens is 1. The smallest absolute Gasteiger partial charge is 0.363 e. The molecule has 3 aliphatic rings. The van der Waals surface area contributed by atoms with E-state index < -0.39 is 4.92 Å². The lowest BCUT2D eigenvalue weighted by molar-refractivity contribution is -0.389. The van der Waals surface area contributed by atoms with E-state index in [1.54, 1.807) is 13.3 Å². The maximum absolute atomic E-state index is 13.4. The number of likely N-dealkylation sites (tertiary alicyclic amines) is 1. The number of imide groups is 1. The van der Waals surface area contributed by atoms with Crippen molar-refractivity contribution in [3.8, 4) is 5.75 Å². The lowest BCUT2D eigenvalue weighted by Crippen LogP contribution is -2.43. The predicted octanol–water partition coefficient (Wildman–Crippen LogP) is 6.34. The molecule has 0 spiro atoms. The molecule has 0 bridgehead atoms. The number of pyridine rings is 1. The summed E-state index contributed by atoms with van der Waals surface area (Å²) in [5.41, 5.74) is 4.05. The quantitative estimate of drug-likeness (QED) is 0.146. The van der Waals surface area contributed by atoms with Gasteiger partial charge in [-0.2, -0.15) is 0 Å². The van der Waals surface area contributed by atoms with Gasteiger partial charge < -0.3 is 24.7 Å². The third kappa shape index (κ3) is 7.32. The first kappa shape index (κ1) is 31.5. The first-order valence-electron chi connectivity index (χ1n) is 16.6. The van der Waals surface area contributed by atoms with E-state index in [2.05, 4.69) is 39.0 Å². The number of benzene rings is 2. The van der Waals surface area contributed by atoms with Crippen LogP contribution in [0.5, 0.6) is 5.75 Å². The summed E-state index contributed by atoms with van der Waals surface area (Å²) in [5, 5.41) is 10.9. The number of hydrogen-bond donors (Lipinski definition) is 0. The number of ether oxygens (including phenoxy) is 1. The largest absolute Gasteiger partial charge is 0.497 e. The Morgan fingerprint density at radius 2 is 1.39 bits per heavy atom. The molecule has 1 unspecified atom stereocenters. The van der Waals surface area contributed by atoms with Gasteiger partial charge in [0.05, 0.1) is 25.3 Å². The van der Waals surface area contributed by atoms with Crippen molar-refractivity contribution in [1.29, 1.82) is 0 Å². The lowest BCUT2D eigenvalue weighted by Gasteiger charge is -2.36. The average molecular weight is 626 g/mol. The maximum atomic E-state index is 13.4. The van der Waals surface area contributed by atoms with Crippen LogP contribution in [-0.4, -0.2) is 59.9 Å². The molecule has 46 heavy (non-hydrogen) atoms. The molecule has 6 rings (SSSR count). The Morgan fingerprint density at radius 3 is 1.93 bits per heavy atom. The van der Waals surface area contributed by atoms with Crippen LogP contribution in [0.2, 0.25) is 0 Å². The van der Waals surface area contributed by atoms with E-state index in [4.69, 9.17) is 4.74 Å². The highest BCUT2D eigenvalue weighted by Gasteiger charge is 2.35. The molecule has 4 heterocycles. The van der Waals surface area contributed by atoms with Crippen molar-refractivity contribution in [2.45, 2.75) is 63.8 Å². The fourth-order valence-electron chi connectivity index (χ4n) is 7.25. The summed E-state index contributed by atoms with van der Waals surface area (Å²) in [6.45, 7) is 4.32. The topological polar surface area (TPSA) is 109 Å². The van der Waals surface area contributed by atoms with Gasteiger partial charge in [-0.05, 0) is 95.3 Å². The highest BCUT2D eigenvalue weighted by atomic mass is 16.6. The van der Waals surface area contributed by atoms with E-state index in [1.165, 1.54) is 42.3 Å². The Hall–Kier alpha value is -4.47. The zero-order chi connectivity index (χ0) is 32.0. The first-order chi connectivity index (χ1) is 22.4. The number of amides is 2. The van der Waals surface area contributed by atoms with Crippen LogP contribution in [0, 0.1) is 22.0 Å². The standard InChI is InChI=1S/C36H43N5O5/c1-46-32-11-4-28(5-12-32)25-40-35(42)15-13-33(36(40)43)29-6-8-30(9-7-29)38-20-16-26(17-21-38)2-3-27-18-22-39(23-19-27)31-10-14-34(37-24-31)41(44)45/h4-12,14,24,26-27,33H,2-3,13,15-23,25H2,1H3. The minimum atomic E-state index is -0.457. The van der Waals surface area contributed by atoms with E-state index in [9.17, 15) is 19.7 Å². The van der Waals surface area contributed by atoms with Crippen molar-refractivity contribution >= 4 is 29.0 Å². The fourth-order valence-corrected chi connectivity index (χ4v) is 7.25. The number of methoxy groups -OCH3 is 1. The van der Waals surface area contributed by atoms with Gasteiger partial charge in [0.1, 0.15) is 5.75 Å². The average Bonchev–Trinajstić information content (AvgIpc) is 3.10. The number of nitrogens with zero attached hydrogens (tertiary/aromatic N) is 5. The Bertz CT molecular complexity index is 1500. The van der Waals surface area contributed by atoms with Gasteiger partial charge in [0.2, 0.25) is 11.8 Å². The van der Waals surface area contributed by atoms with Gasteiger partial charge in [0.25, 0.3) is 0 Å². The summed E-state index contributed by atoms with van der Waals surface area (Å²) < 4.78 is 5.22. The van der Waals surface area contributed by atoms with Crippen LogP contribution in [0.1, 0.15) is 68.4 Å². The van der Waals surface area contributed by atoms with Gasteiger partial charge in [-0.3, -0.25) is 14.5 Å². The molecule has 3 aliphatic heterocycles. The number of anilines is 2. The van der Waals surface area contributed by atoms with Crippen molar-refractivity contribution < 1.29 is 19.2 Å². The molecule has 2 aromatic carbocycles. The number of carbonyl (C=O) groups is 2. The highest BCUT2D eigenvalue weighted by Crippen LogP contribution is 2.34. The first-order valence-corrected chi connectivity index (χ1v) is 16.6. The van der Waals surface area contributed by atoms with Crippen LogP contribution >= 0.6 is 0 Å². The molecule has 0 radical (unpaired) electrons. The third-order valence-corrected chi connectivity index (χ3v) is 10.2. The molecule has 0 aliphatic carbocycles. The van der Waals surface area contributed by atoms with Crippen molar-refractivity contribution in [2.24, 2.45) is 11.8 Å². The van der Waals surface area contributed by atoms with Crippen molar-refractivity contribution in [1.82, 2.24) is 9.88 Å². The molecule has 0 saturated carbocycles. The summed E-state index contributed by atoms with van der Waals surface area (Å²) in [5.74, 6) is 1.60. The van der Waals surface area contributed by atoms with E-state index in [-0.39, 0.29) is 30.1 Å². The van der Waals surface area contributed by atoms with Gasteiger partial charge in [-0.15, -0.1) is 0 Å². The van der Waals surface area contributed by atoms with E-state index in [0.29, 0.717) is 12.8 Å². The summed E-state index contributed by atoms with van der Waals surface area (Å²) in [4.78, 5) is 46.7. The zero-order valence-electron chi connectivity index (χ0n) is 26.6. The highest BCUT2D eigenvalue weighted by molar-refractivity contribution is 6.01. The predicted molar refractivity (Wildman–Crippen MR) is 177 cm³/mol. The second kappa shape index (κ2) is 14.3. The van der Waals surface area contributed by atoms with Gasteiger partial charge in [-0.25, -0.2) is 0 Å². The Morgan fingerprint density at radius 1 is 0.804 bits per heavy atom. The van der Waals surface area contributed by atoms with Crippen LogP contribution < -0.4 is 14.5 Å². The number of hydrogen-bond acceptors (Lipinski definition) is 8. The second-order valence-electron chi connectivity index (χ2n) is 12.9. The molecule has 0 N–H and O–H groups in total. The summed E-state index contributed by atoms with van der Waals surface area (Å²) >= 11 is 0. The number of piperidine rings is 3. The molecule has 3 saturated heterocycles. The molecule has 10 nitrogen and oxygen atoms in total. The van der Waals surface area contributed by atoms with Crippen LogP contribution in [0.15, 0.2) is 66.9 Å². The van der Waals surface area contributed by atoms with Gasteiger partial charge in [0.15, 0.2) is 6.20 Å². The minimum absolute atomic E-state index is 0.107. The van der Waals surface area contributed by atoms with E-state index in [1.807, 2.05) is 30.3 Å². The lowest BCUT2D eigenvalue weighted by atomic mass is 9.85. The molecule has 2 amide bonds. The third-order valence-electron chi connectivity index (χ3n) is 10.2. The van der Waals surface area contributed by atoms with Crippen LogP contribution in [-0.2, 0) is 16.1 Å². The fraction of sp³-hybridized carbons (Fsp3) is 0.472. The van der Waals surface area contributed by atoms with Crippen molar-refractivity contribution in [2.75, 3.05) is 43.1 Å². The van der Waals surface area contributed by atoms with Crippen LogP contribution in [0.4, 0.5) is 17.2 Å². The monoisotopic (exact) mass is 625 g/mol. The molecule has 1 atom stereocenters. The Kier molecular flexibility index (Phi) is 9.80. The molecule has 1 aromatic heterocycles. The summed E-state index contributed by atoms with van der Waals surface area (Å²) in [6.07, 6.45) is 9.77. The Balaban J connectivity index is 0.944. The van der Waals surface area contributed by atoms with Gasteiger partial charge in [-0.1, -0.05) is 37.1 Å². The maximum Gasteiger partial charge on any atom is 0.363 e. The van der Waals surface area contributed by atoms with Gasteiger partial charge in [0, 0.05) is 44.4 Å². The van der Waals surface area contributed by atoms with Crippen molar-refractivity contribution in [3.05, 3.63) is 88.1 Å². The van der Waals surface area contributed by atoms with Crippen LogP contribution in [0.25, 0.3) is 0 Å². The van der Waals surface area contributed by atoms with E-state index >= 15 is 0 Å². The molecular formula is C36H43N5O5. The minimum Gasteiger partial charge on any atom is -0.497 e. The number of rotatable bonds is 10. The second-order valence-corrected chi connectivity index (χ2v) is 12.9. The zero-order valence-corrected chi connectivity index (χ0v) is 26.6. The van der Waals surface area contributed by atoms with Crippen molar-refractivity contribution in [3.63, 3.8) is 0 Å². The normalized spacial score (nSPS) is 19.8. The molecule has 3 aromatic rings. The molecular weight excluding hydrogens is 582 g/mol. The molecule has 3 fully saturated rings. The van der Waals surface area contributed by atoms with Crippen LogP contribution in [0.3, 0.4) is 0 Å². The van der Waals surface area contributed by atoms with Gasteiger partial charge >= 0.3 is 5.82 Å². The Labute approximate surface area is 270 Å². The summed E-state index contributed by atoms with van der Waals surface area (Å²) in [6, 6.07) is 19.2. The SMILES string of the molecule is COc1ccc(CN2C(=O)CCC(c3ccc(N4CCC(CCC5CCN(c6ccc([N+](=O)[O-])nc6)CC5)CC4)cc3)C2=O)cc1. The molecule has 10 heteroatoms. The molecule has 242 valence electrons. The summed E-state index contributed by atoms with van der Waals surface area (Å²) in [7, 11) is 1.62. The number of nitro groups is 1. The number of carbonyl (C=O) groups excluding carboxylic acids is 2.